The second-order valence-corrected chi connectivity index (χ2v) is 5.26. The van der Waals surface area contributed by atoms with E-state index in [0.29, 0.717) is 0 Å². The lowest BCUT2D eigenvalue weighted by molar-refractivity contribution is 0.524. The average Bonchev–Trinajstić information content (AvgIpc) is 2.48. The zero-order valence-corrected chi connectivity index (χ0v) is 10.5. The summed E-state index contributed by atoms with van der Waals surface area (Å²) in [5.41, 5.74) is 0. The van der Waals surface area contributed by atoms with Gasteiger partial charge in [0.05, 0.1) is 0 Å². The van der Waals surface area contributed by atoms with Gasteiger partial charge in [0, 0.05) is 14.7 Å². The molecule has 0 bridgehead atoms. The molecular formula is C10H16BrNS. The van der Waals surface area contributed by atoms with Gasteiger partial charge in [0.15, 0.2) is 0 Å². The van der Waals surface area contributed by atoms with Crippen LogP contribution in [0.15, 0.2) is 15.9 Å². The lowest BCUT2D eigenvalue weighted by Crippen LogP contribution is -2.21. The van der Waals surface area contributed by atoms with Crippen molar-refractivity contribution in [2.24, 2.45) is 5.92 Å². The summed E-state index contributed by atoms with van der Waals surface area (Å²) in [6.07, 6.45) is 1.18. The Morgan fingerprint density at radius 1 is 1.62 bits per heavy atom. The van der Waals surface area contributed by atoms with Crippen molar-refractivity contribution in [1.29, 1.82) is 0 Å². The first-order chi connectivity index (χ1) is 6.22. The average molecular weight is 262 g/mol. The van der Waals surface area contributed by atoms with Crippen molar-refractivity contribution in [2.75, 3.05) is 13.1 Å². The van der Waals surface area contributed by atoms with Gasteiger partial charge in [0.1, 0.15) is 0 Å². The van der Waals surface area contributed by atoms with Crippen molar-refractivity contribution in [3.63, 3.8) is 0 Å². The summed E-state index contributed by atoms with van der Waals surface area (Å²) in [5, 5.41) is 5.52. The number of nitrogens with one attached hydrogen (secondary N) is 1. The lowest BCUT2D eigenvalue weighted by atomic mass is 10.1. The van der Waals surface area contributed by atoms with Crippen LogP contribution in [0.5, 0.6) is 0 Å². The molecule has 0 aliphatic carbocycles. The predicted molar refractivity (Wildman–Crippen MR) is 63.4 cm³/mol. The van der Waals surface area contributed by atoms with Gasteiger partial charge in [-0.2, -0.15) is 0 Å². The molecule has 0 aliphatic rings. The largest absolute Gasteiger partial charge is 0.317 e. The van der Waals surface area contributed by atoms with Crippen LogP contribution in [0.25, 0.3) is 0 Å². The van der Waals surface area contributed by atoms with E-state index in [9.17, 15) is 0 Å². The van der Waals surface area contributed by atoms with E-state index >= 15 is 0 Å². The maximum absolute atomic E-state index is 3.47. The molecule has 1 unspecified atom stereocenters. The van der Waals surface area contributed by atoms with Crippen molar-refractivity contribution in [1.82, 2.24) is 5.32 Å². The highest BCUT2D eigenvalue weighted by molar-refractivity contribution is 9.10. The van der Waals surface area contributed by atoms with Crippen molar-refractivity contribution >= 4 is 27.3 Å². The van der Waals surface area contributed by atoms with Gasteiger partial charge in [-0.3, -0.25) is 0 Å². The summed E-state index contributed by atoms with van der Waals surface area (Å²) in [6.45, 7) is 6.62. The zero-order valence-electron chi connectivity index (χ0n) is 8.14. The standard InChI is InChI=1S/C10H16BrNS/c1-3-12-6-8(2)4-10-5-9(11)7-13-10/h5,7-8,12H,3-4,6H2,1-2H3. The molecule has 1 heterocycles. The maximum Gasteiger partial charge on any atom is 0.0285 e. The Labute approximate surface area is 92.7 Å². The minimum Gasteiger partial charge on any atom is -0.317 e. The molecular weight excluding hydrogens is 246 g/mol. The Bertz CT molecular complexity index is 247. The Hall–Kier alpha value is 0.140. The molecule has 1 atom stereocenters. The smallest absolute Gasteiger partial charge is 0.0285 e. The minimum atomic E-state index is 0.727. The molecule has 0 saturated carbocycles. The molecule has 0 amide bonds. The number of hydrogen-bond donors (Lipinski definition) is 1. The second kappa shape index (κ2) is 5.78. The van der Waals surface area contributed by atoms with Gasteiger partial charge in [-0.1, -0.05) is 13.8 Å². The molecule has 0 fully saturated rings. The molecule has 0 aliphatic heterocycles. The van der Waals surface area contributed by atoms with Gasteiger partial charge < -0.3 is 5.32 Å². The third kappa shape index (κ3) is 4.25. The third-order valence-corrected chi connectivity index (χ3v) is 3.63. The van der Waals surface area contributed by atoms with Gasteiger partial charge in [0.2, 0.25) is 0 Å². The zero-order chi connectivity index (χ0) is 9.68. The van der Waals surface area contributed by atoms with Crippen LogP contribution in [0.2, 0.25) is 0 Å². The van der Waals surface area contributed by atoms with Crippen molar-refractivity contribution < 1.29 is 0 Å². The van der Waals surface area contributed by atoms with E-state index in [1.807, 2.05) is 11.3 Å². The molecule has 13 heavy (non-hydrogen) atoms. The highest BCUT2D eigenvalue weighted by Gasteiger charge is 2.04. The molecule has 0 spiro atoms. The van der Waals surface area contributed by atoms with Crippen LogP contribution in [-0.4, -0.2) is 13.1 Å². The van der Waals surface area contributed by atoms with Crippen LogP contribution in [0, 0.1) is 5.92 Å². The lowest BCUT2D eigenvalue weighted by Gasteiger charge is -2.09. The van der Waals surface area contributed by atoms with E-state index in [1.54, 1.807) is 0 Å². The second-order valence-electron chi connectivity index (χ2n) is 3.35. The summed E-state index contributed by atoms with van der Waals surface area (Å²) >= 11 is 5.31. The molecule has 1 N–H and O–H groups in total. The third-order valence-electron chi connectivity index (χ3n) is 1.91. The normalized spacial score (nSPS) is 13.2. The van der Waals surface area contributed by atoms with Gasteiger partial charge in [-0.25, -0.2) is 0 Å². The SMILES string of the molecule is CCNCC(C)Cc1cc(Br)cs1. The fraction of sp³-hybridized carbons (Fsp3) is 0.600. The van der Waals surface area contributed by atoms with Crippen LogP contribution in [0.1, 0.15) is 18.7 Å². The number of thiophene rings is 1. The van der Waals surface area contributed by atoms with Crippen molar-refractivity contribution in [3.05, 3.63) is 20.8 Å². The molecule has 0 saturated heterocycles. The Kier molecular flexibility index (Phi) is 4.99. The fourth-order valence-electron chi connectivity index (χ4n) is 1.27. The highest BCUT2D eigenvalue weighted by atomic mass is 79.9. The quantitative estimate of drug-likeness (QED) is 0.858. The van der Waals surface area contributed by atoms with E-state index in [1.165, 1.54) is 15.8 Å². The van der Waals surface area contributed by atoms with Crippen LogP contribution >= 0.6 is 27.3 Å². The first-order valence-electron chi connectivity index (χ1n) is 4.66. The molecule has 1 nitrogen and oxygen atoms in total. The maximum atomic E-state index is 3.47. The molecule has 1 rings (SSSR count). The molecule has 1 aromatic heterocycles. The summed E-state index contributed by atoms with van der Waals surface area (Å²) in [6, 6.07) is 2.22. The highest BCUT2D eigenvalue weighted by Crippen LogP contribution is 2.22. The molecule has 74 valence electrons. The van der Waals surface area contributed by atoms with E-state index in [0.717, 1.165) is 19.0 Å². The molecule has 1 aromatic rings. The van der Waals surface area contributed by atoms with Gasteiger partial charge in [-0.15, -0.1) is 11.3 Å². The first-order valence-corrected chi connectivity index (χ1v) is 6.33. The molecule has 0 radical (unpaired) electrons. The summed E-state index contributed by atoms with van der Waals surface area (Å²) < 4.78 is 1.21. The van der Waals surface area contributed by atoms with Crippen LogP contribution in [0.3, 0.4) is 0 Å². The van der Waals surface area contributed by atoms with Gasteiger partial charge >= 0.3 is 0 Å². The van der Waals surface area contributed by atoms with Crippen molar-refractivity contribution in [3.8, 4) is 0 Å². The van der Waals surface area contributed by atoms with E-state index < -0.39 is 0 Å². The summed E-state index contributed by atoms with van der Waals surface area (Å²) in [5.74, 6) is 0.727. The van der Waals surface area contributed by atoms with E-state index in [2.05, 4.69) is 46.5 Å². The number of halogens is 1. The first kappa shape index (κ1) is 11.2. The number of rotatable bonds is 5. The molecule has 3 heteroatoms. The van der Waals surface area contributed by atoms with E-state index in [4.69, 9.17) is 0 Å². The fourth-order valence-corrected chi connectivity index (χ4v) is 2.88. The Morgan fingerprint density at radius 2 is 2.38 bits per heavy atom. The van der Waals surface area contributed by atoms with Crippen LogP contribution in [0.4, 0.5) is 0 Å². The monoisotopic (exact) mass is 261 g/mol. The van der Waals surface area contributed by atoms with Crippen molar-refractivity contribution in [2.45, 2.75) is 20.3 Å². The summed E-state index contributed by atoms with van der Waals surface area (Å²) in [4.78, 5) is 1.47. The van der Waals surface area contributed by atoms with Crippen LogP contribution < -0.4 is 5.32 Å². The summed E-state index contributed by atoms with van der Waals surface area (Å²) in [7, 11) is 0. The minimum absolute atomic E-state index is 0.727. The van der Waals surface area contributed by atoms with Gasteiger partial charge in [-0.05, 0) is 47.4 Å². The number of hydrogen-bond acceptors (Lipinski definition) is 2. The van der Waals surface area contributed by atoms with E-state index in [-0.39, 0.29) is 0 Å². The Balaban J connectivity index is 2.31. The molecule has 0 aromatic carbocycles. The topological polar surface area (TPSA) is 12.0 Å². The van der Waals surface area contributed by atoms with Crippen LogP contribution in [-0.2, 0) is 6.42 Å². The van der Waals surface area contributed by atoms with Gasteiger partial charge in [0.25, 0.3) is 0 Å². The predicted octanol–water partition coefficient (Wildman–Crippen LogP) is 3.30. The Morgan fingerprint density at radius 3 is 2.92 bits per heavy atom.